The van der Waals surface area contributed by atoms with Crippen LogP contribution in [0.4, 0.5) is 11.4 Å². The summed E-state index contributed by atoms with van der Waals surface area (Å²) in [6, 6.07) is 20.4. The molecule has 3 rings (SSSR count). The van der Waals surface area contributed by atoms with Crippen LogP contribution in [0.1, 0.15) is 0 Å². The van der Waals surface area contributed by atoms with Gasteiger partial charge in [-0.15, -0.1) is 0 Å². The predicted octanol–water partition coefficient (Wildman–Crippen LogP) is 2.46. The van der Waals surface area contributed by atoms with E-state index in [1.54, 1.807) is 0 Å². The zero-order chi connectivity index (χ0) is 13.6. The van der Waals surface area contributed by atoms with Crippen LogP contribution in [0.5, 0.6) is 0 Å². The summed E-state index contributed by atoms with van der Waals surface area (Å²) in [6.45, 7) is -0.00481. The molecule has 0 atom stereocenters. The normalized spacial score (nSPS) is 13.4. The third-order valence-electron chi connectivity index (χ3n) is 3.10. The van der Waals surface area contributed by atoms with E-state index in [9.17, 15) is 0 Å². The Morgan fingerprint density at radius 2 is 1.60 bits per heavy atom. The summed E-state index contributed by atoms with van der Waals surface area (Å²) in [5, 5.41) is 3.49. The van der Waals surface area contributed by atoms with Gasteiger partial charge >= 0.3 is 6.64 Å². The molecule has 0 aromatic heterocycles. The van der Waals surface area contributed by atoms with Crippen molar-refractivity contribution >= 4 is 18.0 Å². The molecule has 3 heteroatoms. The van der Waals surface area contributed by atoms with E-state index in [4.69, 9.17) is 0 Å². The van der Waals surface area contributed by atoms with Gasteiger partial charge in [0.25, 0.3) is 0 Å². The fraction of sp³-hybridized carbons (Fsp3) is 0. The van der Waals surface area contributed by atoms with E-state index in [0.717, 1.165) is 16.8 Å². The van der Waals surface area contributed by atoms with Gasteiger partial charge in [-0.05, 0) is 30.3 Å². The standard InChI is InChI=1S/C17H15BN2/c1-3-11-16(12-4-1)19-18(15-9-7-8-10-15)20-17-13-5-2-6-14-17/h1-9,11-14,19-20H. The van der Waals surface area contributed by atoms with Crippen molar-refractivity contribution in [2.45, 2.75) is 0 Å². The summed E-state index contributed by atoms with van der Waals surface area (Å²) >= 11 is 0. The third-order valence-corrected chi connectivity index (χ3v) is 3.10. The van der Waals surface area contributed by atoms with E-state index >= 15 is 0 Å². The van der Waals surface area contributed by atoms with Crippen LogP contribution >= 0.6 is 0 Å². The second kappa shape index (κ2) is 6.00. The summed E-state index contributed by atoms with van der Waals surface area (Å²) in [4.78, 5) is 3.49. The number of hydrogen-bond donors (Lipinski definition) is 2. The molecule has 0 amide bonds. The Bertz CT molecular complexity index is 709. The first kappa shape index (κ1) is 12.4. The number of anilines is 1. The maximum absolute atomic E-state index is 3.49. The van der Waals surface area contributed by atoms with E-state index in [0.29, 0.717) is 0 Å². The molecular formula is C17H15BN2. The molecule has 0 saturated heterocycles. The van der Waals surface area contributed by atoms with Crippen LogP contribution < -0.4 is 10.1 Å². The van der Waals surface area contributed by atoms with Crippen LogP contribution in [-0.4, -0.2) is 6.64 Å². The molecule has 2 aromatic rings. The number of benzene rings is 2. The Labute approximate surface area is 119 Å². The van der Waals surface area contributed by atoms with Gasteiger partial charge in [0, 0.05) is 0 Å². The Morgan fingerprint density at radius 3 is 2.25 bits per heavy atom. The minimum Gasteiger partial charge on any atom is -0.473 e. The quantitative estimate of drug-likeness (QED) is 0.639. The monoisotopic (exact) mass is 258 g/mol. The number of hydrogen-bond acceptors (Lipinski definition) is 0. The lowest BCUT2D eigenvalue weighted by Gasteiger charge is -2.12. The lowest BCUT2D eigenvalue weighted by Crippen LogP contribution is -2.70. The van der Waals surface area contributed by atoms with Crippen LogP contribution in [0.2, 0.25) is 0 Å². The van der Waals surface area contributed by atoms with Crippen molar-refractivity contribution in [1.82, 2.24) is 0 Å². The molecule has 0 spiro atoms. The van der Waals surface area contributed by atoms with Crippen molar-refractivity contribution in [3.05, 3.63) is 90.1 Å². The van der Waals surface area contributed by atoms with Crippen LogP contribution in [0.3, 0.4) is 0 Å². The van der Waals surface area contributed by atoms with Gasteiger partial charge in [-0.1, -0.05) is 54.0 Å². The SMILES string of the molecule is C1=CC=CC=1[B-](Nc1ccccc1)=[NH+]c1ccccc1. The molecule has 0 unspecified atom stereocenters. The number of rotatable bonds is 4. The second-order valence-corrected chi connectivity index (χ2v) is 4.58. The highest BCUT2D eigenvalue weighted by Crippen LogP contribution is 2.08. The Kier molecular flexibility index (Phi) is 3.72. The minimum absolute atomic E-state index is 0.00481. The van der Waals surface area contributed by atoms with Gasteiger partial charge in [0.1, 0.15) is 0 Å². The Morgan fingerprint density at radius 1 is 0.900 bits per heavy atom. The molecule has 0 radical (unpaired) electrons. The molecule has 96 valence electrons. The summed E-state index contributed by atoms with van der Waals surface area (Å²) in [5.74, 6) is 0. The molecule has 0 bridgehead atoms. The maximum atomic E-state index is 3.49. The molecule has 20 heavy (non-hydrogen) atoms. The van der Waals surface area contributed by atoms with E-state index < -0.39 is 0 Å². The first-order valence-corrected chi connectivity index (χ1v) is 6.68. The Hall–Kier alpha value is -2.64. The van der Waals surface area contributed by atoms with Crippen molar-refractivity contribution in [3.8, 4) is 0 Å². The Balaban J connectivity index is 1.95. The predicted molar refractivity (Wildman–Crippen MR) is 83.6 cm³/mol. The van der Waals surface area contributed by atoms with Crippen LogP contribution in [0.25, 0.3) is 0 Å². The molecule has 2 N–H and O–H groups in total. The van der Waals surface area contributed by atoms with Crippen LogP contribution in [0.15, 0.2) is 90.1 Å². The minimum atomic E-state index is -0.00481. The molecule has 0 saturated carbocycles. The number of allylic oxidation sites excluding steroid dienone is 3. The second-order valence-electron chi connectivity index (χ2n) is 4.58. The van der Waals surface area contributed by atoms with Crippen molar-refractivity contribution in [3.63, 3.8) is 0 Å². The number of nitrogens with one attached hydrogen (secondary N) is 2. The first-order valence-electron chi connectivity index (χ1n) is 6.68. The van der Waals surface area contributed by atoms with Gasteiger partial charge in [-0.2, -0.15) is 5.73 Å². The highest BCUT2D eigenvalue weighted by atomic mass is 14.9. The van der Waals surface area contributed by atoms with Crippen molar-refractivity contribution in [2.75, 3.05) is 5.23 Å². The van der Waals surface area contributed by atoms with Crippen molar-refractivity contribution < 1.29 is 4.90 Å². The summed E-state index contributed by atoms with van der Waals surface area (Å²) in [7, 11) is 0. The third kappa shape index (κ3) is 3.03. The molecule has 1 aliphatic rings. The van der Waals surface area contributed by atoms with Gasteiger partial charge in [0.15, 0.2) is 0 Å². The first-order chi connectivity index (χ1) is 9.92. The average molecular weight is 258 g/mol. The van der Waals surface area contributed by atoms with Gasteiger partial charge < -0.3 is 10.1 Å². The molecule has 2 aromatic carbocycles. The van der Waals surface area contributed by atoms with Crippen molar-refractivity contribution in [1.29, 1.82) is 0 Å². The smallest absolute Gasteiger partial charge is 0.319 e. The number of para-hydroxylation sites is 2. The maximum Gasteiger partial charge on any atom is 0.319 e. The average Bonchev–Trinajstić information content (AvgIpc) is 3.03. The van der Waals surface area contributed by atoms with Gasteiger partial charge in [-0.25, -0.2) is 0 Å². The van der Waals surface area contributed by atoms with Gasteiger partial charge in [-0.3, -0.25) is 0 Å². The van der Waals surface area contributed by atoms with Crippen LogP contribution in [-0.2, 0) is 0 Å². The van der Waals surface area contributed by atoms with Crippen LogP contribution in [0, 0.1) is 0 Å². The molecule has 0 aliphatic heterocycles. The fourth-order valence-electron chi connectivity index (χ4n) is 2.12. The zero-order valence-corrected chi connectivity index (χ0v) is 11.1. The molecule has 0 heterocycles. The molecule has 0 fully saturated rings. The largest absolute Gasteiger partial charge is 0.473 e. The van der Waals surface area contributed by atoms with Gasteiger partial charge in [0.05, 0.1) is 11.4 Å². The summed E-state index contributed by atoms with van der Waals surface area (Å²) < 4.78 is 0. The zero-order valence-electron chi connectivity index (χ0n) is 11.1. The molecular weight excluding hydrogens is 243 g/mol. The summed E-state index contributed by atoms with van der Waals surface area (Å²) in [6.07, 6.45) is 6.00. The van der Waals surface area contributed by atoms with Crippen molar-refractivity contribution in [2.24, 2.45) is 0 Å². The van der Waals surface area contributed by atoms with Gasteiger partial charge in [0.2, 0.25) is 0 Å². The van der Waals surface area contributed by atoms with E-state index in [-0.39, 0.29) is 6.64 Å². The van der Waals surface area contributed by atoms with E-state index in [1.165, 1.54) is 0 Å². The highest BCUT2D eigenvalue weighted by Gasteiger charge is 2.05. The fourth-order valence-corrected chi connectivity index (χ4v) is 2.12. The van der Waals surface area contributed by atoms with E-state index in [1.807, 2.05) is 48.6 Å². The molecule has 2 nitrogen and oxygen atoms in total. The van der Waals surface area contributed by atoms with E-state index in [2.05, 4.69) is 46.2 Å². The highest BCUT2D eigenvalue weighted by molar-refractivity contribution is 6.56. The summed E-state index contributed by atoms with van der Waals surface area (Å²) in [5.41, 5.74) is 6.51. The molecule has 1 aliphatic carbocycles. The lowest BCUT2D eigenvalue weighted by atomic mass is 9.75. The lowest BCUT2D eigenvalue weighted by molar-refractivity contribution is -0.339. The topological polar surface area (TPSA) is 26.0 Å².